The quantitative estimate of drug-likeness (QED) is 0.611. The maximum absolute atomic E-state index is 12.0. The van der Waals surface area contributed by atoms with E-state index in [1.807, 2.05) is 44.2 Å². The lowest BCUT2D eigenvalue weighted by atomic mass is 10.1. The summed E-state index contributed by atoms with van der Waals surface area (Å²) in [6, 6.07) is 11.1. The zero-order valence-corrected chi connectivity index (χ0v) is 15.8. The van der Waals surface area contributed by atoms with Gasteiger partial charge in [-0.1, -0.05) is 12.1 Å². The summed E-state index contributed by atoms with van der Waals surface area (Å²) in [5, 5.41) is 4.13. The number of carbonyl (C=O) groups is 1. The number of aryl methyl sites for hydroxylation is 1. The van der Waals surface area contributed by atoms with Gasteiger partial charge in [-0.2, -0.15) is 5.10 Å². The van der Waals surface area contributed by atoms with E-state index in [4.69, 9.17) is 14.2 Å². The topological polar surface area (TPSA) is 69.2 Å². The van der Waals surface area contributed by atoms with E-state index >= 15 is 0 Å². The summed E-state index contributed by atoms with van der Waals surface area (Å²) in [7, 11) is 3.16. The molecular formula is C20H24N2O4. The van der Waals surface area contributed by atoms with E-state index in [0.717, 1.165) is 16.7 Å². The molecule has 0 aliphatic rings. The van der Waals surface area contributed by atoms with Crippen LogP contribution in [-0.2, 0) is 4.79 Å². The Kier molecular flexibility index (Phi) is 6.60. The number of nitrogens with zero attached hydrogens (tertiary/aromatic N) is 1. The minimum Gasteiger partial charge on any atom is -0.497 e. The van der Waals surface area contributed by atoms with Gasteiger partial charge in [0.15, 0.2) is 6.61 Å². The van der Waals surface area contributed by atoms with Gasteiger partial charge >= 0.3 is 0 Å². The summed E-state index contributed by atoms with van der Waals surface area (Å²) in [6.45, 7) is 5.63. The lowest BCUT2D eigenvalue weighted by molar-refractivity contribution is -0.123. The van der Waals surface area contributed by atoms with Crippen LogP contribution in [0.3, 0.4) is 0 Å². The lowest BCUT2D eigenvalue weighted by Gasteiger charge is -2.11. The van der Waals surface area contributed by atoms with Gasteiger partial charge in [0.05, 0.1) is 19.9 Å². The molecule has 0 saturated carbocycles. The fraction of sp³-hybridized carbons (Fsp3) is 0.300. The van der Waals surface area contributed by atoms with Gasteiger partial charge in [-0.3, -0.25) is 4.79 Å². The average Bonchev–Trinajstić information content (AvgIpc) is 2.66. The summed E-state index contributed by atoms with van der Waals surface area (Å²) in [4.78, 5) is 12.0. The highest BCUT2D eigenvalue weighted by atomic mass is 16.5. The fourth-order valence-electron chi connectivity index (χ4n) is 2.36. The highest BCUT2D eigenvalue weighted by molar-refractivity contribution is 6.01. The summed E-state index contributed by atoms with van der Waals surface area (Å²) in [5.74, 6) is 1.66. The van der Waals surface area contributed by atoms with Gasteiger partial charge in [-0.15, -0.1) is 0 Å². The number of nitrogens with one attached hydrogen (secondary N) is 1. The van der Waals surface area contributed by atoms with Crippen molar-refractivity contribution >= 4 is 11.6 Å². The number of hydrogen-bond acceptors (Lipinski definition) is 5. The van der Waals surface area contributed by atoms with Gasteiger partial charge in [0.25, 0.3) is 5.91 Å². The van der Waals surface area contributed by atoms with Crippen molar-refractivity contribution in [2.24, 2.45) is 5.10 Å². The third-order valence-electron chi connectivity index (χ3n) is 4.06. The van der Waals surface area contributed by atoms with Crippen LogP contribution in [0, 0.1) is 13.8 Å². The van der Waals surface area contributed by atoms with Gasteiger partial charge in [-0.05, 0) is 50.1 Å². The Hall–Kier alpha value is -3.02. The second-order valence-corrected chi connectivity index (χ2v) is 5.79. The normalized spacial score (nSPS) is 11.0. The number of hydrazone groups is 1. The summed E-state index contributed by atoms with van der Waals surface area (Å²) in [6.07, 6.45) is 0. The SMILES string of the molecule is COc1ccc(/C(C)=N/NC(=O)COc2cccc(C)c2C)c(OC)c1. The summed E-state index contributed by atoms with van der Waals surface area (Å²) >= 11 is 0. The molecule has 0 bridgehead atoms. The summed E-state index contributed by atoms with van der Waals surface area (Å²) < 4.78 is 16.1. The van der Waals surface area contributed by atoms with E-state index in [9.17, 15) is 4.79 Å². The Balaban J connectivity index is 2.00. The van der Waals surface area contributed by atoms with E-state index < -0.39 is 0 Å². The highest BCUT2D eigenvalue weighted by Gasteiger charge is 2.09. The van der Waals surface area contributed by atoms with E-state index in [0.29, 0.717) is 23.0 Å². The Morgan fingerprint density at radius 3 is 2.54 bits per heavy atom. The van der Waals surface area contributed by atoms with Crippen LogP contribution in [0.25, 0.3) is 0 Å². The van der Waals surface area contributed by atoms with Crippen LogP contribution in [0.2, 0.25) is 0 Å². The standard InChI is InChI=1S/C20H24N2O4/c1-13-7-6-8-18(14(13)2)26-12-20(23)22-21-15(3)17-10-9-16(24-4)11-19(17)25-5/h6-11H,12H2,1-5H3,(H,22,23)/b21-15+. The second-order valence-electron chi connectivity index (χ2n) is 5.79. The molecule has 138 valence electrons. The van der Waals surface area contributed by atoms with E-state index in [-0.39, 0.29) is 12.5 Å². The zero-order valence-electron chi connectivity index (χ0n) is 15.8. The molecule has 0 fully saturated rings. The van der Waals surface area contributed by atoms with E-state index in [2.05, 4.69) is 10.5 Å². The van der Waals surface area contributed by atoms with Crippen molar-refractivity contribution in [2.45, 2.75) is 20.8 Å². The van der Waals surface area contributed by atoms with Gasteiger partial charge < -0.3 is 14.2 Å². The third kappa shape index (κ3) is 4.75. The van der Waals surface area contributed by atoms with Gasteiger partial charge in [-0.25, -0.2) is 5.43 Å². The maximum Gasteiger partial charge on any atom is 0.277 e. The summed E-state index contributed by atoms with van der Waals surface area (Å²) in [5.41, 5.74) is 6.02. The zero-order chi connectivity index (χ0) is 19.1. The van der Waals surface area contributed by atoms with Crippen molar-refractivity contribution in [3.63, 3.8) is 0 Å². The van der Waals surface area contributed by atoms with Crippen LogP contribution in [0.5, 0.6) is 17.2 Å². The van der Waals surface area contributed by atoms with Gasteiger partial charge in [0.2, 0.25) is 0 Å². The first-order valence-electron chi connectivity index (χ1n) is 8.20. The molecule has 0 radical (unpaired) electrons. The average molecular weight is 356 g/mol. The number of benzene rings is 2. The van der Waals surface area contributed by atoms with Gasteiger partial charge in [0.1, 0.15) is 17.2 Å². The maximum atomic E-state index is 12.0. The predicted molar refractivity (Wildman–Crippen MR) is 101 cm³/mol. The second kappa shape index (κ2) is 8.89. The first-order chi connectivity index (χ1) is 12.5. The minimum absolute atomic E-state index is 0.110. The first kappa shape index (κ1) is 19.3. The molecule has 0 spiro atoms. The van der Waals surface area contributed by atoms with Crippen molar-refractivity contribution in [3.8, 4) is 17.2 Å². The number of amides is 1. The van der Waals surface area contributed by atoms with Crippen molar-refractivity contribution in [2.75, 3.05) is 20.8 Å². The number of methoxy groups -OCH3 is 2. The molecule has 26 heavy (non-hydrogen) atoms. The molecule has 6 nitrogen and oxygen atoms in total. The minimum atomic E-state index is -0.335. The molecule has 0 heterocycles. The number of carbonyl (C=O) groups excluding carboxylic acids is 1. The van der Waals surface area contributed by atoms with Crippen molar-refractivity contribution < 1.29 is 19.0 Å². The molecule has 0 aromatic heterocycles. The monoisotopic (exact) mass is 356 g/mol. The molecule has 6 heteroatoms. The third-order valence-corrected chi connectivity index (χ3v) is 4.06. The largest absolute Gasteiger partial charge is 0.497 e. The Morgan fingerprint density at radius 1 is 1.08 bits per heavy atom. The Labute approximate surface area is 153 Å². The van der Waals surface area contributed by atoms with Crippen molar-refractivity contribution in [3.05, 3.63) is 53.1 Å². The van der Waals surface area contributed by atoms with Crippen LogP contribution >= 0.6 is 0 Å². The predicted octanol–water partition coefficient (Wildman–Crippen LogP) is 3.24. The van der Waals surface area contributed by atoms with Gasteiger partial charge in [0, 0.05) is 11.6 Å². The molecule has 0 aliphatic heterocycles. The van der Waals surface area contributed by atoms with Crippen LogP contribution in [0.15, 0.2) is 41.5 Å². The molecule has 0 aliphatic carbocycles. The first-order valence-corrected chi connectivity index (χ1v) is 8.20. The number of rotatable bonds is 7. The number of hydrogen-bond donors (Lipinski definition) is 1. The van der Waals surface area contributed by atoms with Crippen molar-refractivity contribution in [1.29, 1.82) is 0 Å². The molecule has 0 unspecified atom stereocenters. The Morgan fingerprint density at radius 2 is 1.85 bits per heavy atom. The lowest BCUT2D eigenvalue weighted by Crippen LogP contribution is -2.25. The highest BCUT2D eigenvalue weighted by Crippen LogP contribution is 2.25. The van der Waals surface area contributed by atoms with E-state index in [1.54, 1.807) is 27.2 Å². The van der Waals surface area contributed by atoms with E-state index in [1.165, 1.54) is 0 Å². The molecular weight excluding hydrogens is 332 g/mol. The smallest absolute Gasteiger partial charge is 0.277 e. The number of ether oxygens (including phenoxy) is 3. The van der Waals surface area contributed by atoms with Crippen molar-refractivity contribution in [1.82, 2.24) is 5.43 Å². The van der Waals surface area contributed by atoms with Crippen LogP contribution < -0.4 is 19.6 Å². The van der Waals surface area contributed by atoms with Crippen LogP contribution in [0.1, 0.15) is 23.6 Å². The molecule has 1 N–H and O–H groups in total. The fourth-order valence-corrected chi connectivity index (χ4v) is 2.36. The molecule has 2 aromatic carbocycles. The molecule has 2 aromatic rings. The molecule has 1 amide bonds. The molecule has 0 saturated heterocycles. The van der Waals surface area contributed by atoms with Crippen LogP contribution in [-0.4, -0.2) is 32.4 Å². The molecule has 0 atom stereocenters. The van der Waals surface area contributed by atoms with Crippen LogP contribution in [0.4, 0.5) is 0 Å². The molecule has 2 rings (SSSR count). The Bertz CT molecular complexity index is 815.